The summed E-state index contributed by atoms with van der Waals surface area (Å²) < 4.78 is 3.30. The van der Waals surface area contributed by atoms with E-state index in [1.54, 1.807) is 11.9 Å². The number of hydrogen-bond acceptors (Lipinski definition) is 4. The first-order chi connectivity index (χ1) is 8.31. The number of halogens is 1. The summed E-state index contributed by atoms with van der Waals surface area (Å²) >= 11 is 9.45. The van der Waals surface area contributed by atoms with Gasteiger partial charge in [-0.05, 0) is 43.0 Å². The van der Waals surface area contributed by atoms with Crippen LogP contribution in [0.3, 0.4) is 0 Å². The topological polar surface area (TPSA) is 24.4 Å². The van der Waals surface area contributed by atoms with Gasteiger partial charge in [0.05, 0.1) is 10.6 Å². The minimum absolute atomic E-state index is 0.746. The zero-order chi connectivity index (χ0) is 11.7. The molecule has 5 heteroatoms. The Morgan fingerprint density at radius 3 is 3.00 bits per heavy atom. The summed E-state index contributed by atoms with van der Waals surface area (Å²) in [6, 6.07) is 5.84. The zero-order valence-electron chi connectivity index (χ0n) is 9.28. The Balaban J connectivity index is 1.77. The normalized spacial score (nSPS) is 19.7. The average Bonchev–Trinajstić information content (AvgIpc) is 2.82. The van der Waals surface area contributed by atoms with Gasteiger partial charge in [-0.2, -0.15) is 0 Å². The second-order valence-corrected chi connectivity index (χ2v) is 6.83. The third-order valence-corrected chi connectivity index (χ3v) is 5.40. The highest BCUT2D eigenvalue weighted by atomic mass is 35.5. The molecule has 0 unspecified atom stereocenters. The van der Waals surface area contributed by atoms with Crippen molar-refractivity contribution < 1.29 is 0 Å². The number of benzene rings is 1. The molecule has 90 valence electrons. The number of nitrogens with zero attached hydrogens (tertiary/aromatic N) is 1. The first-order valence-electron chi connectivity index (χ1n) is 5.79. The number of nitrogens with one attached hydrogen (secondary N) is 1. The fourth-order valence-electron chi connectivity index (χ4n) is 2.11. The molecule has 0 amide bonds. The van der Waals surface area contributed by atoms with Crippen LogP contribution < -0.4 is 4.72 Å². The van der Waals surface area contributed by atoms with Crippen molar-refractivity contribution in [3.8, 4) is 0 Å². The summed E-state index contributed by atoms with van der Waals surface area (Å²) in [5.74, 6) is 0. The predicted octanol–water partition coefficient (Wildman–Crippen LogP) is 4.61. The maximum atomic E-state index is 5.96. The zero-order valence-corrected chi connectivity index (χ0v) is 11.7. The van der Waals surface area contributed by atoms with E-state index in [1.165, 1.54) is 25.7 Å². The molecule has 0 radical (unpaired) electrons. The summed E-state index contributed by atoms with van der Waals surface area (Å²) in [6.07, 6.45) is 5.38. The molecule has 2 aliphatic rings. The number of amidine groups is 1. The first-order valence-corrected chi connectivity index (χ1v) is 7.86. The van der Waals surface area contributed by atoms with Gasteiger partial charge in [-0.3, -0.25) is 0 Å². The van der Waals surface area contributed by atoms with E-state index in [-0.39, 0.29) is 0 Å². The van der Waals surface area contributed by atoms with Gasteiger partial charge in [0.15, 0.2) is 5.17 Å². The molecular formula is C12H13ClN2S2. The highest BCUT2D eigenvalue weighted by Gasteiger charge is 2.20. The van der Waals surface area contributed by atoms with E-state index in [4.69, 9.17) is 11.6 Å². The molecule has 1 aromatic rings. The number of rotatable bonds is 1. The third-order valence-electron chi connectivity index (χ3n) is 2.97. The highest BCUT2D eigenvalue weighted by Crippen LogP contribution is 2.37. The summed E-state index contributed by atoms with van der Waals surface area (Å²) in [5.41, 5.74) is 1.03. The van der Waals surface area contributed by atoms with Crippen LogP contribution in [0.25, 0.3) is 0 Å². The smallest absolute Gasteiger partial charge is 0.172 e. The van der Waals surface area contributed by atoms with Crippen LogP contribution in [0.5, 0.6) is 0 Å². The van der Waals surface area contributed by atoms with Crippen molar-refractivity contribution in [2.75, 3.05) is 0 Å². The van der Waals surface area contributed by atoms with Crippen molar-refractivity contribution in [3.63, 3.8) is 0 Å². The molecule has 1 fully saturated rings. The van der Waals surface area contributed by atoms with Crippen molar-refractivity contribution in [1.29, 1.82) is 0 Å². The lowest BCUT2D eigenvalue weighted by Crippen LogP contribution is -2.17. The van der Waals surface area contributed by atoms with E-state index >= 15 is 0 Å². The SMILES string of the molecule is Clc1ccc2c(c1)SNC(SC1CCCC1)=N2. The van der Waals surface area contributed by atoms with Crippen LogP contribution in [0, 0.1) is 0 Å². The lowest BCUT2D eigenvalue weighted by molar-refractivity contribution is 0.886. The van der Waals surface area contributed by atoms with E-state index in [2.05, 4.69) is 9.71 Å². The van der Waals surface area contributed by atoms with Crippen LogP contribution in [-0.4, -0.2) is 10.4 Å². The Labute approximate surface area is 115 Å². The maximum absolute atomic E-state index is 5.96. The summed E-state index contributed by atoms with van der Waals surface area (Å²) in [5, 5.41) is 2.55. The Hall–Kier alpha value is -0.320. The number of thioether (sulfide) groups is 1. The van der Waals surface area contributed by atoms with Gasteiger partial charge in [0, 0.05) is 10.3 Å². The molecule has 1 aromatic carbocycles. The molecule has 1 N–H and O–H groups in total. The predicted molar refractivity (Wildman–Crippen MR) is 77.4 cm³/mol. The lowest BCUT2D eigenvalue weighted by atomic mass is 10.3. The van der Waals surface area contributed by atoms with Gasteiger partial charge in [-0.1, -0.05) is 36.2 Å². The van der Waals surface area contributed by atoms with Crippen molar-refractivity contribution in [2.45, 2.75) is 35.8 Å². The van der Waals surface area contributed by atoms with Gasteiger partial charge in [0.1, 0.15) is 0 Å². The number of aliphatic imine (C=N–C) groups is 1. The molecule has 1 aliphatic carbocycles. The molecule has 17 heavy (non-hydrogen) atoms. The van der Waals surface area contributed by atoms with E-state index < -0.39 is 0 Å². The van der Waals surface area contributed by atoms with Crippen LogP contribution in [-0.2, 0) is 0 Å². The largest absolute Gasteiger partial charge is 0.305 e. The quantitative estimate of drug-likeness (QED) is 0.762. The average molecular weight is 285 g/mol. The van der Waals surface area contributed by atoms with Crippen LogP contribution in [0.15, 0.2) is 28.1 Å². The summed E-state index contributed by atoms with van der Waals surface area (Å²) in [7, 11) is 0. The highest BCUT2D eigenvalue weighted by molar-refractivity contribution is 8.16. The van der Waals surface area contributed by atoms with Crippen molar-refractivity contribution >= 4 is 46.2 Å². The monoisotopic (exact) mass is 284 g/mol. The molecule has 0 saturated heterocycles. The molecule has 3 rings (SSSR count). The maximum Gasteiger partial charge on any atom is 0.172 e. The third kappa shape index (κ3) is 2.75. The Morgan fingerprint density at radius 1 is 1.35 bits per heavy atom. The van der Waals surface area contributed by atoms with Crippen molar-refractivity contribution in [1.82, 2.24) is 4.72 Å². The molecule has 0 aromatic heterocycles. The van der Waals surface area contributed by atoms with Crippen molar-refractivity contribution in [2.24, 2.45) is 4.99 Å². The van der Waals surface area contributed by atoms with Crippen LogP contribution >= 0.6 is 35.3 Å². The second-order valence-electron chi connectivity index (χ2n) is 4.26. The van der Waals surface area contributed by atoms with Crippen LogP contribution in [0.4, 0.5) is 5.69 Å². The Bertz CT molecular complexity index is 456. The molecule has 1 aliphatic heterocycles. The summed E-state index contributed by atoms with van der Waals surface area (Å²) in [4.78, 5) is 5.74. The van der Waals surface area contributed by atoms with Gasteiger partial charge < -0.3 is 4.72 Å². The fourth-order valence-corrected chi connectivity index (χ4v) is 4.34. The minimum Gasteiger partial charge on any atom is -0.305 e. The standard InChI is InChI=1S/C12H13ClN2S2/c13-8-5-6-10-11(7-8)17-15-12(14-10)16-9-3-1-2-4-9/h5-7,9H,1-4H2,(H,14,15). The molecular weight excluding hydrogens is 272 g/mol. The van der Waals surface area contributed by atoms with E-state index in [1.807, 2.05) is 30.0 Å². The van der Waals surface area contributed by atoms with Crippen LogP contribution in [0.2, 0.25) is 5.02 Å². The van der Waals surface area contributed by atoms with Crippen LogP contribution in [0.1, 0.15) is 25.7 Å². The molecule has 2 nitrogen and oxygen atoms in total. The summed E-state index contributed by atoms with van der Waals surface area (Å²) in [6.45, 7) is 0. The number of fused-ring (bicyclic) bond motifs is 1. The Morgan fingerprint density at radius 2 is 2.18 bits per heavy atom. The molecule has 0 bridgehead atoms. The van der Waals surface area contributed by atoms with Gasteiger partial charge in [0.25, 0.3) is 0 Å². The van der Waals surface area contributed by atoms with Gasteiger partial charge in [0.2, 0.25) is 0 Å². The molecule has 0 spiro atoms. The van der Waals surface area contributed by atoms with Gasteiger partial charge in [-0.25, -0.2) is 4.99 Å². The second kappa shape index (κ2) is 5.12. The minimum atomic E-state index is 0.746. The van der Waals surface area contributed by atoms with E-state index in [9.17, 15) is 0 Å². The molecule has 0 atom stereocenters. The van der Waals surface area contributed by atoms with E-state index in [0.29, 0.717) is 0 Å². The number of hydrogen-bond donors (Lipinski definition) is 1. The first kappa shape index (κ1) is 11.8. The van der Waals surface area contributed by atoms with E-state index in [0.717, 1.165) is 26.0 Å². The Kier molecular flexibility index (Phi) is 3.54. The van der Waals surface area contributed by atoms with Gasteiger partial charge >= 0.3 is 0 Å². The van der Waals surface area contributed by atoms with Gasteiger partial charge in [-0.15, -0.1) is 0 Å². The van der Waals surface area contributed by atoms with Crippen molar-refractivity contribution in [3.05, 3.63) is 23.2 Å². The fraction of sp³-hybridized carbons (Fsp3) is 0.417. The lowest BCUT2D eigenvalue weighted by Gasteiger charge is -2.18. The molecule has 1 heterocycles. The molecule has 1 saturated carbocycles.